The highest BCUT2D eigenvalue weighted by molar-refractivity contribution is 6.07. The molecule has 0 aromatic heterocycles. The Balaban J connectivity index is 1.40. The van der Waals surface area contributed by atoms with Crippen molar-refractivity contribution in [2.24, 2.45) is 17.8 Å². The Kier molecular flexibility index (Phi) is 5.26. The lowest BCUT2D eigenvalue weighted by Gasteiger charge is -2.33. The Morgan fingerprint density at radius 1 is 0.931 bits per heavy atom. The summed E-state index contributed by atoms with van der Waals surface area (Å²) in [6, 6.07) is 13.6. The summed E-state index contributed by atoms with van der Waals surface area (Å²) in [5.74, 6) is -1.42. The van der Waals surface area contributed by atoms with E-state index in [0.29, 0.717) is 44.6 Å². The molecule has 2 atom stereocenters. The number of carbonyl (C=O) groups excluding carboxylic acids is 2. The molecule has 0 saturated carbocycles. The van der Waals surface area contributed by atoms with E-state index in [1.165, 1.54) is 0 Å². The molecule has 4 rings (SSSR count). The number of benzene rings is 2. The lowest BCUT2D eigenvalue weighted by atomic mass is 9.94. The van der Waals surface area contributed by atoms with Crippen LogP contribution in [0, 0.1) is 17.8 Å². The van der Waals surface area contributed by atoms with Crippen molar-refractivity contribution in [3.63, 3.8) is 0 Å². The molecule has 2 aliphatic heterocycles. The van der Waals surface area contributed by atoms with Gasteiger partial charge in [0.1, 0.15) is 0 Å². The predicted octanol–water partition coefficient (Wildman–Crippen LogP) is 2.87. The number of nitrogens with zero attached hydrogens (tertiary/aromatic N) is 2. The van der Waals surface area contributed by atoms with Gasteiger partial charge < -0.3 is 14.9 Å². The molecule has 2 aromatic rings. The van der Waals surface area contributed by atoms with Crippen molar-refractivity contribution in [1.82, 2.24) is 9.80 Å². The molecule has 0 unspecified atom stereocenters. The van der Waals surface area contributed by atoms with Crippen LogP contribution in [0.2, 0.25) is 0 Å². The van der Waals surface area contributed by atoms with Crippen molar-refractivity contribution in [1.29, 1.82) is 0 Å². The van der Waals surface area contributed by atoms with Crippen LogP contribution in [0.1, 0.15) is 30.1 Å². The molecular weight excluding hydrogens is 368 g/mol. The van der Waals surface area contributed by atoms with Gasteiger partial charge in [0.2, 0.25) is 5.91 Å². The zero-order valence-electron chi connectivity index (χ0n) is 16.6. The molecular formula is C23H26N2O4. The quantitative estimate of drug-likeness (QED) is 0.868. The third-order valence-corrected chi connectivity index (χ3v) is 6.39. The maximum atomic E-state index is 13.1. The average molecular weight is 394 g/mol. The van der Waals surface area contributed by atoms with Gasteiger partial charge in [0, 0.05) is 37.7 Å². The van der Waals surface area contributed by atoms with Crippen molar-refractivity contribution in [3.05, 3.63) is 48.0 Å². The van der Waals surface area contributed by atoms with E-state index in [2.05, 4.69) is 0 Å². The number of aliphatic carboxylic acids is 1. The van der Waals surface area contributed by atoms with Crippen molar-refractivity contribution in [3.8, 4) is 0 Å². The van der Waals surface area contributed by atoms with Crippen LogP contribution in [0.4, 0.5) is 0 Å². The third-order valence-electron chi connectivity index (χ3n) is 6.39. The number of amides is 2. The fraction of sp³-hybridized carbons (Fsp3) is 0.435. The molecule has 6 heteroatoms. The Labute approximate surface area is 170 Å². The Morgan fingerprint density at radius 3 is 2.31 bits per heavy atom. The topological polar surface area (TPSA) is 77.9 Å². The number of hydrogen-bond acceptors (Lipinski definition) is 3. The summed E-state index contributed by atoms with van der Waals surface area (Å²) in [7, 11) is 0. The highest BCUT2D eigenvalue weighted by Gasteiger charge is 2.39. The number of likely N-dealkylation sites (tertiary alicyclic amines) is 2. The lowest BCUT2D eigenvalue weighted by Crippen LogP contribution is -2.44. The molecule has 0 bridgehead atoms. The van der Waals surface area contributed by atoms with Crippen molar-refractivity contribution < 1.29 is 19.5 Å². The highest BCUT2D eigenvalue weighted by Crippen LogP contribution is 2.28. The van der Waals surface area contributed by atoms with Crippen LogP contribution >= 0.6 is 0 Å². The molecule has 2 saturated heterocycles. The van der Waals surface area contributed by atoms with Crippen LogP contribution in [-0.2, 0) is 9.59 Å². The predicted molar refractivity (Wildman–Crippen MR) is 109 cm³/mol. The molecule has 2 aliphatic rings. The fourth-order valence-corrected chi connectivity index (χ4v) is 4.64. The van der Waals surface area contributed by atoms with Crippen LogP contribution in [-0.4, -0.2) is 58.9 Å². The molecule has 152 valence electrons. The van der Waals surface area contributed by atoms with Crippen molar-refractivity contribution >= 4 is 28.6 Å². The van der Waals surface area contributed by atoms with E-state index in [9.17, 15) is 19.5 Å². The number of carboxylic acid groups (broad SMARTS) is 1. The molecule has 29 heavy (non-hydrogen) atoms. The van der Waals surface area contributed by atoms with Crippen LogP contribution in [0.3, 0.4) is 0 Å². The Hall–Kier alpha value is -2.89. The minimum atomic E-state index is -0.830. The summed E-state index contributed by atoms with van der Waals surface area (Å²) in [5, 5.41) is 11.3. The zero-order chi connectivity index (χ0) is 20.5. The largest absolute Gasteiger partial charge is 0.481 e. The van der Waals surface area contributed by atoms with Gasteiger partial charge in [-0.1, -0.05) is 43.3 Å². The van der Waals surface area contributed by atoms with Gasteiger partial charge in [-0.15, -0.1) is 0 Å². The van der Waals surface area contributed by atoms with Gasteiger partial charge in [0.15, 0.2) is 0 Å². The second kappa shape index (κ2) is 7.85. The van der Waals surface area contributed by atoms with Crippen LogP contribution in [0.15, 0.2) is 42.5 Å². The van der Waals surface area contributed by atoms with Gasteiger partial charge in [0.25, 0.3) is 5.91 Å². The molecule has 1 N–H and O–H groups in total. The summed E-state index contributed by atoms with van der Waals surface area (Å²) >= 11 is 0. The second-order valence-corrected chi connectivity index (χ2v) is 8.26. The second-order valence-electron chi connectivity index (χ2n) is 8.26. The first-order valence-electron chi connectivity index (χ1n) is 10.2. The van der Waals surface area contributed by atoms with Gasteiger partial charge in [0.05, 0.1) is 5.92 Å². The first kappa shape index (κ1) is 19.4. The fourth-order valence-electron chi connectivity index (χ4n) is 4.64. The zero-order valence-corrected chi connectivity index (χ0v) is 16.6. The minimum Gasteiger partial charge on any atom is -0.481 e. The minimum absolute atomic E-state index is 0.00781. The lowest BCUT2D eigenvalue weighted by molar-refractivity contribution is -0.142. The smallest absolute Gasteiger partial charge is 0.308 e. The normalized spacial score (nSPS) is 22.8. The van der Waals surface area contributed by atoms with Gasteiger partial charge in [-0.25, -0.2) is 0 Å². The van der Waals surface area contributed by atoms with Gasteiger partial charge in [-0.3, -0.25) is 14.4 Å². The van der Waals surface area contributed by atoms with E-state index >= 15 is 0 Å². The molecule has 6 nitrogen and oxygen atoms in total. The maximum Gasteiger partial charge on any atom is 0.308 e. The molecule has 0 radical (unpaired) electrons. The van der Waals surface area contributed by atoms with E-state index in [1.807, 2.05) is 54.3 Å². The Bertz CT molecular complexity index is 944. The molecule has 0 aliphatic carbocycles. The van der Waals surface area contributed by atoms with Crippen LogP contribution in [0.5, 0.6) is 0 Å². The summed E-state index contributed by atoms with van der Waals surface area (Å²) in [5.41, 5.74) is 0.700. The molecule has 2 aromatic carbocycles. The number of carboxylic acids is 1. The van der Waals surface area contributed by atoms with Crippen molar-refractivity contribution in [2.45, 2.75) is 19.8 Å². The van der Waals surface area contributed by atoms with E-state index in [1.54, 1.807) is 4.90 Å². The molecule has 2 heterocycles. The first-order valence-corrected chi connectivity index (χ1v) is 10.2. The number of rotatable bonds is 3. The monoisotopic (exact) mass is 394 g/mol. The van der Waals surface area contributed by atoms with E-state index < -0.39 is 11.9 Å². The number of hydrogen-bond donors (Lipinski definition) is 1. The summed E-state index contributed by atoms with van der Waals surface area (Å²) in [6.07, 6.45) is 1.25. The number of piperidine rings is 1. The van der Waals surface area contributed by atoms with E-state index in [-0.39, 0.29) is 23.7 Å². The van der Waals surface area contributed by atoms with Crippen LogP contribution in [0.25, 0.3) is 10.8 Å². The highest BCUT2D eigenvalue weighted by atomic mass is 16.4. The molecule has 0 spiro atoms. The average Bonchev–Trinajstić information content (AvgIpc) is 3.14. The number of fused-ring (bicyclic) bond motifs is 1. The summed E-state index contributed by atoms with van der Waals surface area (Å²) < 4.78 is 0. The summed E-state index contributed by atoms with van der Waals surface area (Å²) in [4.78, 5) is 40.8. The standard InChI is InChI=1S/C23H26N2O4/c1-15-13-25(14-20(15)23(28)29)21(26)17-9-11-24(12-10-17)22(27)19-8-4-6-16-5-2-3-7-18(16)19/h2-8,15,17,20H,9-14H2,1H3,(H,28,29)/t15-,20-/m1/s1. The molecule has 2 amide bonds. The van der Waals surface area contributed by atoms with Crippen LogP contribution < -0.4 is 0 Å². The van der Waals surface area contributed by atoms with Crippen molar-refractivity contribution in [2.75, 3.05) is 26.2 Å². The SMILES string of the molecule is C[C@@H]1CN(C(=O)C2CCN(C(=O)c3cccc4ccccc34)CC2)C[C@H]1C(=O)O. The van der Waals surface area contributed by atoms with E-state index in [4.69, 9.17) is 0 Å². The van der Waals surface area contributed by atoms with Gasteiger partial charge in [-0.05, 0) is 35.6 Å². The van der Waals surface area contributed by atoms with Gasteiger partial charge >= 0.3 is 5.97 Å². The Morgan fingerprint density at radius 2 is 1.62 bits per heavy atom. The number of carbonyl (C=O) groups is 3. The third kappa shape index (κ3) is 3.71. The van der Waals surface area contributed by atoms with E-state index in [0.717, 1.165) is 10.8 Å². The maximum absolute atomic E-state index is 13.1. The first-order chi connectivity index (χ1) is 14.0. The summed E-state index contributed by atoms with van der Waals surface area (Å²) in [6.45, 7) is 3.78. The molecule has 2 fully saturated rings. The van der Waals surface area contributed by atoms with Gasteiger partial charge in [-0.2, -0.15) is 0 Å².